The Balaban J connectivity index is -0.000000845. The fraction of sp³-hybridized carbons (Fsp3) is 0.571. The van der Waals surface area contributed by atoms with Crippen LogP contribution in [0.5, 0.6) is 0 Å². The Morgan fingerprint density at radius 1 is 1.38 bits per heavy atom. The average Bonchev–Trinajstić information content (AvgIpc) is 2.02. The summed E-state index contributed by atoms with van der Waals surface area (Å²) in [6.45, 7) is 1.80. The van der Waals surface area contributed by atoms with E-state index >= 15 is 0 Å². The summed E-state index contributed by atoms with van der Waals surface area (Å²) >= 11 is 5.75. The van der Waals surface area contributed by atoms with Gasteiger partial charge in [-0.3, -0.25) is 0 Å². The van der Waals surface area contributed by atoms with Crippen LogP contribution in [0, 0.1) is 0 Å². The number of aliphatic carboxylic acids is 2. The number of rotatable bonds is 5. The van der Waals surface area contributed by atoms with Gasteiger partial charge >= 0.3 is 103 Å². The molecule has 80 valence electrons. The SMILES string of the molecule is CCSC(=S)O[C@H](CC(=O)[O-])C(=O)[O-].[K+].[K+]. The van der Waals surface area contributed by atoms with Crippen molar-refractivity contribution in [3.05, 3.63) is 0 Å². The molecule has 0 saturated heterocycles. The summed E-state index contributed by atoms with van der Waals surface area (Å²) in [7, 11) is 0. The molecule has 0 amide bonds. The van der Waals surface area contributed by atoms with Crippen LogP contribution in [0.15, 0.2) is 0 Å². The van der Waals surface area contributed by atoms with Crippen LogP contribution in [0.1, 0.15) is 13.3 Å². The van der Waals surface area contributed by atoms with Gasteiger partial charge in [0.25, 0.3) is 0 Å². The Morgan fingerprint density at radius 2 is 1.88 bits per heavy atom. The Kier molecular flexibility index (Phi) is 20.4. The van der Waals surface area contributed by atoms with Crippen molar-refractivity contribution in [2.45, 2.75) is 19.4 Å². The van der Waals surface area contributed by atoms with Crippen molar-refractivity contribution in [2.24, 2.45) is 0 Å². The van der Waals surface area contributed by atoms with Crippen LogP contribution >= 0.6 is 24.0 Å². The standard InChI is InChI=1S/C7H10O5S2.2K/c1-2-14-7(13)12-4(6(10)11)3-5(8)9;;/h4H,2-3H2,1H3,(H,8,9)(H,10,11);;/q;2*+1/p-2/t4-;;/m1../s1. The summed E-state index contributed by atoms with van der Waals surface area (Å²) in [5.74, 6) is -2.53. The monoisotopic (exact) mass is 314 g/mol. The van der Waals surface area contributed by atoms with E-state index in [4.69, 9.17) is 0 Å². The Labute approximate surface area is 188 Å². The van der Waals surface area contributed by atoms with Gasteiger partial charge in [-0.25, -0.2) is 0 Å². The van der Waals surface area contributed by atoms with Crippen LogP contribution in [0.25, 0.3) is 0 Å². The quantitative estimate of drug-likeness (QED) is 0.368. The van der Waals surface area contributed by atoms with E-state index in [0.29, 0.717) is 5.75 Å². The van der Waals surface area contributed by atoms with Crippen LogP contribution < -0.4 is 113 Å². The first kappa shape index (κ1) is 23.5. The summed E-state index contributed by atoms with van der Waals surface area (Å²) in [5.41, 5.74) is 0. The minimum Gasteiger partial charge on any atom is -0.550 e. The second-order valence-corrected chi connectivity index (χ2v) is 4.05. The van der Waals surface area contributed by atoms with E-state index in [1.54, 1.807) is 6.92 Å². The molecule has 0 aliphatic carbocycles. The predicted octanol–water partition coefficient (Wildman–Crippen LogP) is -7.69. The second kappa shape index (κ2) is 13.9. The number of carbonyl (C=O) groups is 2. The van der Waals surface area contributed by atoms with Crippen molar-refractivity contribution in [1.29, 1.82) is 0 Å². The van der Waals surface area contributed by atoms with E-state index < -0.39 is 24.5 Å². The third kappa shape index (κ3) is 12.9. The zero-order chi connectivity index (χ0) is 11.1. The smallest absolute Gasteiger partial charge is 0.550 e. The van der Waals surface area contributed by atoms with Gasteiger partial charge in [-0.2, -0.15) is 0 Å². The number of ether oxygens (including phenoxy) is 1. The molecule has 0 spiro atoms. The first-order chi connectivity index (χ1) is 6.47. The van der Waals surface area contributed by atoms with E-state index in [0.717, 1.165) is 11.8 Å². The van der Waals surface area contributed by atoms with E-state index in [-0.39, 0.29) is 107 Å². The third-order valence-electron chi connectivity index (χ3n) is 1.12. The largest absolute Gasteiger partial charge is 1.00 e. The van der Waals surface area contributed by atoms with Crippen LogP contribution in [0.4, 0.5) is 0 Å². The van der Waals surface area contributed by atoms with Gasteiger partial charge in [0.1, 0.15) is 6.10 Å². The molecule has 1 atom stereocenters. The first-order valence-corrected chi connectivity index (χ1v) is 5.10. The number of thioether (sulfide) groups is 1. The van der Waals surface area contributed by atoms with E-state index in [1.807, 2.05) is 0 Å². The maximum atomic E-state index is 10.4. The fourth-order valence-corrected chi connectivity index (χ4v) is 1.48. The maximum Gasteiger partial charge on any atom is 1.00 e. The summed E-state index contributed by atoms with van der Waals surface area (Å²) in [6, 6.07) is 0. The molecule has 0 fully saturated rings. The van der Waals surface area contributed by atoms with Crippen molar-refractivity contribution >= 4 is 40.3 Å². The van der Waals surface area contributed by atoms with Crippen molar-refractivity contribution < 1.29 is 127 Å². The van der Waals surface area contributed by atoms with Gasteiger partial charge in [0.05, 0.1) is 5.97 Å². The number of carboxylic acid groups (broad SMARTS) is 2. The molecule has 0 N–H and O–H groups in total. The molecule has 0 unspecified atom stereocenters. The topological polar surface area (TPSA) is 89.5 Å². The molecule has 0 saturated carbocycles. The Bertz CT molecular complexity index is 249. The summed E-state index contributed by atoms with van der Waals surface area (Å²) in [6.07, 6.45) is -2.35. The van der Waals surface area contributed by atoms with Crippen molar-refractivity contribution in [1.82, 2.24) is 0 Å². The summed E-state index contributed by atoms with van der Waals surface area (Å²) in [5, 5.41) is 20.5. The number of carbonyl (C=O) groups excluding carboxylic acids is 2. The Morgan fingerprint density at radius 3 is 2.19 bits per heavy atom. The maximum absolute atomic E-state index is 10.4. The number of hydrogen-bond donors (Lipinski definition) is 0. The van der Waals surface area contributed by atoms with Crippen LogP contribution in [0.2, 0.25) is 0 Å². The third-order valence-corrected chi connectivity index (χ3v) is 2.19. The van der Waals surface area contributed by atoms with Gasteiger partial charge in [-0.1, -0.05) is 18.7 Å². The predicted molar refractivity (Wildman–Crippen MR) is 50.2 cm³/mol. The van der Waals surface area contributed by atoms with Crippen LogP contribution in [-0.2, 0) is 14.3 Å². The van der Waals surface area contributed by atoms with E-state index in [9.17, 15) is 19.8 Å². The molecular formula is C7H8K2O5S2. The average molecular weight is 314 g/mol. The van der Waals surface area contributed by atoms with Gasteiger partial charge in [0.15, 0.2) is 0 Å². The molecule has 0 bridgehead atoms. The molecular weight excluding hydrogens is 306 g/mol. The van der Waals surface area contributed by atoms with E-state index in [1.165, 1.54) is 0 Å². The first-order valence-electron chi connectivity index (χ1n) is 3.71. The van der Waals surface area contributed by atoms with Crippen molar-refractivity contribution in [2.75, 3.05) is 5.75 Å². The molecule has 0 aromatic heterocycles. The van der Waals surface area contributed by atoms with Gasteiger partial charge in [0.2, 0.25) is 4.38 Å². The van der Waals surface area contributed by atoms with E-state index in [2.05, 4.69) is 17.0 Å². The minimum absolute atomic E-state index is 0. The Hall–Kier alpha value is 2.45. The zero-order valence-corrected chi connectivity index (χ0v) is 17.2. The number of carboxylic acids is 2. The molecule has 5 nitrogen and oxygen atoms in total. The molecule has 0 heterocycles. The molecule has 0 aromatic carbocycles. The summed E-state index contributed by atoms with van der Waals surface area (Å²) < 4.78 is 4.66. The van der Waals surface area contributed by atoms with Gasteiger partial charge < -0.3 is 24.5 Å². The molecule has 0 rings (SSSR count). The minimum atomic E-state index is -1.62. The molecule has 0 aromatic rings. The number of hydrogen-bond acceptors (Lipinski definition) is 7. The van der Waals surface area contributed by atoms with Crippen molar-refractivity contribution in [3.63, 3.8) is 0 Å². The van der Waals surface area contributed by atoms with Crippen LogP contribution in [0.3, 0.4) is 0 Å². The number of thiocarbonyl (C=S) groups is 1. The molecule has 0 aliphatic heterocycles. The normalized spacial score (nSPS) is 10.3. The molecule has 0 radical (unpaired) electrons. The van der Waals surface area contributed by atoms with Gasteiger partial charge in [-0.05, 0) is 18.0 Å². The van der Waals surface area contributed by atoms with Gasteiger partial charge in [0, 0.05) is 12.4 Å². The summed E-state index contributed by atoms with van der Waals surface area (Å²) in [4.78, 5) is 20.5. The van der Waals surface area contributed by atoms with Crippen LogP contribution in [-0.4, -0.2) is 28.2 Å². The molecule has 9 heteroatoms. The van der Waals surface area contributed by atoms with Crippen molar-refractivity contribution in [3.8, 4) is 0 Å². The second-order valence-electron chi connectivity index (χ2n) is 2.18. The fourth-order valence-electron chi connectivity index (χ4n) is 0.593. The molecule has 0 aliphatic rings. The van der Waals surface area contributed by atoms with Gasteiger partial charge in [-0.15, -0.1) is 0 Å². The zero-order valence-electron chi connectivity index (χ0n) is 9.35. The molecule has 16 heavy (non-hydrogen) atoms.